The second-order valence-electron chi connectivity index (χ2n) is 6.52. The number of hydrogen-bond acceptors (Lipinski definition) is 5. The number of unbranched alkanes of at least 4 members (excludes halogenated alkanes) is 4. The van der Waals surface area contributed by atoms with Gasteiger partial charge in [-0.3, -0.25) is 0 Å². The summed E-state index contributed by atoms with van der Waals surface area (Å²) in [6.07, 6.45) is 8.26. The van der Waals surface area contributed by atoms with E-state index in [9.17, 15) is 0 Å². The maximum Gasteiger partial charge on any atom is 0.104 e. The Morgan fingerprint density at radius 1 is 1.09 bits per heavy atom. The van der Waals surface area contributed by atoms with Crippen LogP contribution in [0.3, 0.4) is 0 Å². The summed E-state index contributed by atoms with van der Waals surface area (Å²) >= 11 is 0. The van der Waals surface area contributed by atoms with E-state index in [0.29, 0.717) is 19.2 Å². The van der Waals surface area contributed by atoms with Gasteiger partial charge in [0.1, 0.15) is 6.10 Å². The molecule has 1 fully saturated rings. The highest BCUT2D eigenvalue weighted by molar-refractivity contribution is 4.73. The van der Waals surface area contributed by atoms with Crippen molar-refractivity contribution in [3.05, 3.63) is 0 Å². The fourth-order valence-electron chi connectivity index (χ4n) is 2.04. The Bertz CT molecular complexity index is 230. The lowest BCUT2D eigenvalue weighted by atomic mass is 9.99. The zero-order chi connectivity index (χ0) is 16.7. The van der Waals surface area contributed by atoms with Crippen LogP contribution in [0, 0.1) is 0 Å². The van der Waals surface area contributed by atoms with Crippen molar-refractivity contribution in [1.29, 1.82) is 0 Å². The molecule has 1 atom stereocenters. The van der Waals surface area contributed by atoms with Gasteiger partial charge in [-0.15, -0.1) is 0 Å². The van der Waals surface area contributed by atoms with Crippen molar-refractivity contribution in [2.24, 2.45) is 11.5 Å². The molecule has 0 aromatic carbocycles. The van der Waals surface area contributed by atoms with Crippen molar-refractivity contribution in [1.82, 2.24) is 5.32 Å². The van der Waals surface area contributed by atoms with Gasteiger partial charge in [0.25, 0.3) is 0 Å². The first kappa shape index (κ1) is 21.8. The van der Waals surface area contributed by atoms with Crippen LogP contribution in [0.5, 0.6) is 0 Å². The van der Waals surface area contributed by atoms with Gasteiger partial charge in [0, 0.05) is 26.2 Å². The van der Waals surface area contributed by atoms with E-state index < -0.39 is 0 Å². The van der Waals surface area contributed by atoms with E-state index in [4.69, 9.17) is 20.9 Å². The second-order valence-corrected chi connectivity index (χ2v) is 6.52. The van der Waals surface area contributed by atoms with E-state index in [-0.39, 0.29) is 5.60 Å². The van der Waals surface area contributed by atoms with Crippen LogP contribution in [0.2, 0.25) is 0 Å². The lowest BCUT2D eigenvalue weighted by molar-refractivity contribution is -0.0314. The molecule has 1 saturated heterocycles. The third kappa shape index (κ3) is 16.2. The minimum absolute atomic E-state index is 0.0398. The summed E-state index contributed by atoms with van der Waals surface area (Å²) < 4.78 is 11.0. The molecule has 0 spiro atoms. The van der Waals surface area contributed by atoms with Crippen LogP contribution in [-0.2, 0) is 9.47 Å². The highest BCUT2D eigenvalue weighted by Crippen LogP contribution is 2.21. The molecule has 0 aliphatic carbocycles. The first-order valence-electron chi connectivity index (χ1n) is 8.92. The summed E-state index contributed by atoms with van der Waals surface area (Å²) in [4.78, 5) is 0. The van der Waals surface area contributed by atoms with E-state index in [1.807, 2.05) is 0 Å². The van der Waals surface area contributed by atoms with E-state index in [2.05, 4.69) is 26.1 Å². The van der Waals surface area contributed by atoms with Crippen LogP contribution in [0.25, 0.3) is 0 Å². The fraction of sp³-hybridized carbons (Fsp3) is 1.00. The molecule has 1 rings (SSSR count). The molecule has 5 nitrogen and oxygen atoms in total. The molecule has 1 aliphatic rings. The van der Waals surface area contributed by atoms with Gasteiger partial charge in [-0.2, -0.15) is 0 Å². The predicted molar refractivity (Wildman–Crippen MR) is 94.1 cm³/mol. The quantitative estimate of drug-likeness (QED) is 0.357. The van der Waals surface area contributed by atoms with Crippen molar-refractivity contribution in [2.45, 2.75) is 71.0 Å². The van der Waals surface area contributed by atoms with Gasteiger partial charge >= 0.3 is 0 Å². The smallest absolute Gasteiger partial charge is 0.104 e. The summed E-state index contributed by atoms with van der Waals surface area (Å²) in [6, 6.07) is 0. The summed E-state index contributed by atoms with van der Waals surface area (Å²) in [5.41, 5.74) is 10.4. The molecular formula is C17H39N3O2. The molecule has 0 radical (unpaired) electrons. The summed E-state index contributed by atoms with van der Waals surface area (Å²) in [7, 11) is 0. The first-order chi connectivity index (χ1) is 10.6. The molecule has 0 saturated carbocycles. The average molecular weight is 318 g/mol. The molecule has 1 aliphatic heterocycles. The molecule has 22 heavy (non-hydrogen) atoms. The maximum absolute atomic E-state index is 5.83. The average Bonchev–Trinajstić information content (AvgIpc) is 3.31. The van der Waals surface area contributed by atoms with Crippen molar-refractivity contribution in [3.63, 3.8) is 0 Å². The van der Waals surface area contributed by atoms with E-state index in [1.165, 1.54) is 38.5 Å². The Labute approximate surface area is 137 Å². The number of ether oxygens (including phenoxy) is 2. The zero-order valence-electron chi connectivity index (χ0n) is 15.0. The van der Waals surface area contributed by atoms with Gasteiger partial charge in [0.15, 0.2) is 0 Å². The van der Waals surface area contributed by atoms with Crippen LogP contribution >= 0.6 is 0 Å². The highest BCUT2D eigenvalue weighted by atomic mass is 16.6. The second kappa shape index (κ2) is 14.4. The van der Waals surface area contributed by atoms with Crippen LogP contribution in [0.4, 0.5) is 0 Å². The van der Waals surface area contributed by atoms with E-state index in [0.717, 1.165) is 26.3 Å². The van der Waals surface area contributed by atoms with Gasteiger partial charge in [-0.1, -0.05) is 39.0 Å². The van der Waals surface area contributed by atoms with Gasteiger partial charge in [0.05, 0.1) is 18.8 Å². The summed E-state index contributed by atoms with van der Waals surface area (Å²) in [6.45, 7) is 11.4. The number of epoxide rings is 1. The lowest BCUT2D eigenvalue weighted by Gasteiger charge is -2.25. The Kier molecular flexibility index (Phi) is 14.3. The molecule has 1 heterocycles. The minimum atomic E-state index is 0.0398. The van der Waals surface area contributed by atoms with Crippen molar-refractivity contribution >= 4 is 0 Å². The van der Waals surface area contributed by atoms with E-state index >= 15 is 0 Å². The molecule has 0 aromatic heterocycles. The number of hydrogen-bond donors (Lipinski definition) is 3. The monoisotopic (exact) mass is 317 g/mol. The third-order valence-electron chi connectivity index (χ3n) is 3.59. The lowest BCUT2D eigenvalue weighted by Crippen LogP contribution is -2.27. The van der Waals surface area contributed by atoms with Gasteiger partial charge in [-0.25, -0.2) is 0 Å². The largest absolute Gasteiger partial charge is 0.373 e. The van der Waals surface area contributed by atoms with Crippen LogP contribution < -0.4 is 16.8 Å². The predicted octanol–water partition coefficient (Wildman–Crippen LogP) is 2.03. The topological polar surface area (TPSA) is 85.8 Å². The number of nitrogens with one attached hydrogen (secondary N) is 1. The fourth-order valence-corrected chi connectivity index (χ4v) is 2.04. The van der Waals surface area contributed by atoms with Crippen LogP contribution in [-0.4, -0.2) is 51.1 Å². The van der Waals surface area contributed by atoms with Gasteiger partial charge in [-0.05, 0) is 20.3 Å². The van der Waals surface area contributed by atoms with Crippen molar-refractivity contribution in [3.8, 4) is 0 Å². The summed E-state index contributed by atoms with van der Waals surface area (Å²) in [5.74, 6) is 0. The highest BCUT2D eigenvalue weighted by Gasteiger charge is 2.26. The molecule has 0 aromatic rings. The first-order valence-corrected chi connectivity index (χ1v) is 8.92. The molecular weight excluding hydrogens is 278 g/mol. The third-order valence-corrected chi connectivity index (χ3v) is 3.59. The van der Waals surface area contributed by atoms with Crippen LogP contribution in [0.1, 0.15) is 59.3 Å². The van der Waals surface area contributed by atoms with Crippen LogP contribution in [0.15, 0.2) is 0 Å². The molecule has 0 amide bonds. The summed E-state index contributed by atoms with van der Waals surface area (Å²) in [5, 5.41) is 3.03. The number of nitrogens with two attached hydrogens (primary N) is 2. The molecule has 1 unspecified atom stereocenters. The standard InChI is InChI=1S/C13H26O2.C4H13N3/c1-4-5-6-7-8-9-13(2,3)15-11-12-10-14-12;5-1-3-7-4-2-6/h12H,4-11H2,1-3H3;7H,1-6H2. The Balaban J connectivity index is 0.000000534. The Morgan fingerprint density at radius 2 is 1.68 bits per heavy atom. The maximum atomic E-state index is 5.83. The number of rotatable bonds is 13. The SMILES string of the molecule is CCCCCCCC(C)(C)OCC1CO1.NCCNCCN. The molecule has 5 heteroatoms. The van der Waals surface area contributed by atoms with Gasteiger partial charge < -0.3 is 26.3 Å². The normalized spacial score (nSPS) is 17.0. The molecule has 5 N–H and O–H groups in total. The molecule has 134 valence electrons. The van der Waals surface area contributed by atoms with Crippen molar-refractivity contribution < 1.29 is 9.47 Å². The minimum Gasteiger partial charge on any atom is -0.373 e. The van der Waals surface area contributed by atoms with Crippen molar-refractivity contribution in [2.75, 3.05) is 39.4 Å². The van der Waals surface area contributed by atoms with Gasteiger partial charge in [0.2, 0.25) is 0 Å². The Morgan fingerprint density at radius 3 is 2.18 bits per heavy atom. The zero-order valence-corrected chi connectivity index (χ0v) is 15.0. The Hall–Kier alpha value is -0.200. The van der Waals surface area contributed by atoms with E-state index in [1.54, 1.807) is 0 Å². The molecule has 0 bridgehead atoms.